The van der Waals surface area contributed by atoms with E-state index in [0.29, 0.717) is 5.56 Å². The summed E-state index contributed by atoms with van der Waals surface area (Å²) in [4.78, 5) is 0. The van der Waals surface area contributed by atoms with Crippen LogP contribution in [0, 0.1) is 11.3 Å². The molecule has 140 valence electrons. The SMILES string of the molecule is N#Cc1[nH][nH]c1-c1cc(OC(F)(F)F)cc(-c2cccc(OC(F)F)c2)c1. The zero-order chi connectivity index (χ0) is 19.6. The lowest BCUT2D eigenvalue weighted by molar-refractivity contribution is -0.274. The highest BCUT2D eigenvalue weighted by molar-refractivity contribution is 5.76. The highest BCUT2D eigenvalue weighted by Gasteiger charge is 2.31. The number of H-pyrrole nitrogens is 2. The van der Waals surface area contributed by atoms with Gasteiger partial charge in [0.25, 0.3) is 0 Å². The predicted molar refractivity (Wildman–Crippen MR) is 84.0 cm³/mol. The first-order valence-corrected chi connectivity index (χ1v) is 7.38. The molecule has 0 spiro atoms. The van der Waals surface area contributed by atoms with Crippen LogP contribution in [0.1, 0.15) is 5.69 Å². The Morgan fingerprint density at radius 1 is 0.926 bits per heavy atom. The summed E-state index contributed by atoms with van der Waals surface area (Å²) in [6.07, 6.45) is -4.92. The van der Waals surface area contributed by atoms with Crippen LogP contribution in [0.4, 0.5) is 22.0 Å². The van der Waals surface area contributed by atoms with Gasteiger partial charge in [-0.3, -0.25) is 10.2 Å². The minimum absolute atomic E-state index is 0.139. The average molecular weight is 383 g/mol. The topological polar surface area (TPSA) is 73.8 Å². The molecule has 0 fully saturated rings. The molecule has 0 aliphatic heterocycles. The molecule has 1 heterocycles. The minimum Gasteiger partial charge on any atom is -0.435 e. The second kappa shape index (κ2) is 7.03. The third-order valence-electron chi connectivity index (χ3n) is 3.50. The fraction of sp³-hybridized carbons (Fsp3) is 0.118. The lowest BCUT2D eigenvalue weighted by Crippen LogP contribution is -2.17. The first kappa shape index (κ1) is 18.3. The predicted octanol–water partition coefficient (Wildman–Crippen LogP) is 5.05. The van der Waals surface area contributed by atoms with Crippen LogP contribution in [0.5, 0.6) is 11.5 Å². The van der Waals surface area contributed by atoms with Gasteiger partial charge in [-0.15, -0.1) is 13.2 Å². The monoisotopic (exact) mass is 383 g/mol. The highest BCUT2D eigenvalue weighted by Crippen LogP contribution is 2.35. The minimum atomic E-state index is -4.92. The smallest absolute Gasteiger partial charge is 0.435 e. The van der Waals surface area contributed by atoms with Crippen LogP contribution in [0.2, 0.25) is 0 Å². The quantitative estimate of drug-likeness (QED) is 0.606. The van der Waals surface area contributed by atoms with Crippen LogP contribution in [0.3, 0.4) is 0 Å². The standard InChI is InChI=1S/C17H10F5N3O2/c18-16(19)26-12-3-1-2-9(5-12)10-4-11(15-14(8-23)24-25-15)7-13(6-10)27-17(20,21)22/h1-7,16,24-25H. The average Bonchev–Trinajstić information content (AvgIpc) is 2.52. The van der Waals surface area contributed by atoms with Gasteiger partial charge in [0.05, 0.1) is 5.69 Å². The van der Waals surface area contributed by atoms with Gasteiger partial charge in [0, 0.05) is 5.56 Å². The van der Waals surface area contributed by atoms with Crippen molar-refractivity contribution in [3.63, 3.8) is 0 Å². The first-order valence-electron chi connectivity index (χ1n) is 7.38. The molecule has 0 radical (unpaired) electrons. The Bertz CT molecular complexity index is 985. The van der Waals surface area contributed by atoms with Crippen molar-refractivity contribution in [1.82, 2.24) is 10.2 Å². The van der Waals surface area contributed by atoms with Gasteiger partial charge < -0.3 is 9.47 Å². The number of benzene rings is 2. The van der Waals surface area contributed by atoms with E-state index < -0.39 is 18.7 Å². The molecule has 0 atom stereocenters. The maximum absolute atomic E-state index is 12.6. The van der Waals surface area contributed by atoms with Crippen LogP contribution in [0.25, 0.3) is 22.4 Å². The maximum Gasteiger partial charge on any atom is 0.573 e. The summed E-state index contributed by atoms with van der Waals surface area (Å²) in [6.45, 7) is -3.04. The normalized spacial score (nSPS) is 11.4. The van der Waals surface area contributed by atoms with Crippen LogP contribution in [-0.4, -0.2) is 23.2 Å². The zero-order valence-corrected chi connectivity index (χ0v) is 13.3. The van der Waals surface area contributed by atoms with Gasteiger partial charge >= 0.3 is 13.0 Å². The third kappa shape index (κ3) is 4.38. The van der Waals surface area contributed by atoms with Crippen LogP contribution in [0.15, 0.2) is 42.5 Å². The Kier molecular flexibility index (Phi) is 4.77. The number of aromatic amines is 2. The fourth-order valence-corrected chi connectivity index (χ4v) is 2.44. The molecule has 10 heteroatoms. The van der Waals surface area contributed by atoms with Crippen LogP contribution < -0.4 is 9.47 Å². The van der Waals surface area contributed by atoms with E-state index in [1.807, 2.05) is 6.07 Å². The number of hydrogen-bond acceptors (Lipinski definition) is 3. The number of hydrogen-bond donors (Lipinski definition) is 2. The second-order valence-electron chi connectivity index (χ2n) is 5.31. The number of aromatic nitrogens is 2. The number of nitrogens with zero attached hydrogens (tertiary/aromatic N) is 1. The van der Waals surface area contributed by atoms with Crippen molar-refractivity contribution in [2.75, 3.05) is 0 Å². The van der Waals surface area contributed by atoms with E-state index >= 15 is 0 Å². The Hall–Kier alpha value is -3.48. The Morgan fingerprint density at radius 2 is 1.63 bits per heavy atom. The zero-order valence-electron chi connectivity index (χ0n) is 13.3. The van der Waals surface area contributed by atoms with Crippen molar-refractivity contribution < 1.29 is 31.4 Å². The molecule has 0 saturated heterocycles. The summed E-state index contributed by atoms with van der Waals surface area (Å²) in [5, 5.41) is 14.1. The van der Waals surface area contributed by atoms with Gasteiger partial charge in [-0.05, 0) is 41.5 Å². The molecule has 3 rings (SSSR count). The van der Waals surface area contributed by atoms with Crippen molar-refractivity contribution in [2.45, 2.75) is 13.0 Å². The Balaban J connectivity index is 2.07. The van der Waals surface area contributed by atoms with E-state index in [9.17, 15) is 22.0 Å². The van der Waals surface area contributed by atoms with E-state index in [1.54, 1.807) is 0 Å². The van der Waals surface area contributed by atoms with Crippen LogP contribution in [-0.2, 0) is 0 Å². The van der Waals surface area contributed by atoms with Crippen LogP contribution >= 0.6 is 0 Å². The molecular weight excluding hydrogens is 373 g/mol. The summed E-state index contributed by atoms with van der Waals surface area (Å²) < 4.78 is 71.0. The highest BCUT2D eigenvalue weighted by atomic mass is 19.4. The molecule has 0 unspecified atom stereocenters. The van der Waals surface area contributed by atoms with E-state index in [1.165, 1.54) is 30.3 Å². The number of ether oxygens (including phenoxy) is 2. The number of alkyl halides is 5. The number of nitriles is 1. The van der Waals surface area contributed by atoms with Gasteiger partial charge in [-0.25, -0.2) is 0 Å². The van der Waals surface area contributed by atoms with Crippen molar-refractivity contribution in [3.05, 3.63) is 48.2 Å². The van der Waals surface area contributed by atoms with E-state index in [4.69, 9.17) is 5.26 Å². The maximum atomic E-state index is 12.6. The largest absolute Gasteiger partial charge is 0.573 e. The molecular formula is C17H10F5N3O2. The lowest BCUT2D eigenvalue weighted by atomic mass is 10.00. The molecule has 0 aliphatic carbocycles. The molecule has 27 heavy (non-hydrogen) atoms. The van der Waals surface area contributed by atoms with Gasteiger partial charge in [0.2, 0.25) is 0 Å². The number of rotatable bonds is 5. The summed E-state index contributed by atoms with van der Waals surface area (Å²) in [6, 6.07) is 11.0. The van der Waals surface area contributed by atoms with Gasteiger partial charge in [-0.2, -0.15) is 14.0 Å². The van der Waals surface area contributed by atoms with Crippen molar-refractivity contribution >= 4 is 0 Å². The second-order valence-corrected chi connectivity index (χ2v) is 5.31. The van der Waals surface area contributed by atoms with E-state index in [0.717, 1.165) is 12.1 Å². The molecule has 2 N–H and O–H groups in total. The van der Waals surface area contributed by atoms with Crippen molar-refractivity contribution in [3.8, 4) is 40.0 Å². The summed E-state index contributed by atoms with van der Waals surface area (Å²) >= 11 is 0. The van der Waals surface area contributed by atoms with Crippen molar-refractivity contribution in [2.24, 2.45) is 0 Å². The summed E-state index contributed by atoms with van der Waals surface area (Å²) in [7, 11) is 0. The lowest BCUT2D eigenvalue weighted by Gasteiger charge is -2.15. The molecule has 1 aromatic heterocycles. The molecule has 3 aromatic rings. The summed E-state index contributed by atoms with van der Waals surface area (Å²) in [5.74, 6) is -0.666. The Morgan fingerprint density at radius 3 is 2.22 bits per heavy atom. The number of halogens is 5. The molecule has 0 bridgehead atoms. The van der Waals surface area contributed by atoms with E-state index in [-0.39, 0.29) is 28.3 Å². The third-order valence-corrected chi connectivity index (χ3v) is 3.50. The van der Waals surface area contributed by atoms with Gasteiger partial charge in [-0.1, -0.05) is 12.1 Å². The molecule has 0 saturated carbocycles. The molecule has 0 amide bonds. The van der Waals surface area contributed by atoms with Crippen molar-refractivity contribution in [1.29, 1.82) is 5.26 Å². The fourth-order valence-electron chi connectivity index (χ4n) is 2.44. The number of nitrogens with one attached hydrogen (secondary N) is 2. The molecule has 0 aliphatic rings. The van der Waals surface area contributed by atoms with E-state index in [2.05, 4.69) is 19.7 Å². The molecule has 2 aromatic carbocycles. The molecule has 5 nitrogen and oxygen atoms in total. The summed E-state index contributed by atoms with van der Waals surface area (Å²) in [5.41, 5.74) is 1.26. The first-order chi connectivity index (χ1) is 12.7. The van der Waals surface area contributed by atoms with Gasteiger partial charge in [0.15, 0.2) is 5.69 Å². The van der Waals surface area contributed by atoms with Gasteiger partial charge in [0.1, 0.15) is 17.6 Å². The Labute approximate surface area is 148 Å².